The van der Waals surface area contributed by atoms with E-state index in [-0.39, 0.29) is 6.04 Å². The van der Waals surface area contributed by atoms with E-state index in [0.717, 1.165) is 22.3 Å². The number of aryl methyl sites for hydroxylation is 1. The number of nitrogen functional groups attached to an aromatic ring is 1. The monoisotopic (exact) mass is 265 g/mol. The van der Waals surface area contributed by atoms with Crippen molar-refractivity contribution in [1.82, 2.24) is 9.55 Å². The molecule has 0 amide bonds. The number of fused-ring (bicyclic) bond motifs is 2. The lowest BCUT2D eigenvalue weighted by Gasteiger charge is -2.14. The third-order valence-corrected chi connectivity index (χ3v) is 3.94. The fraction of sp³-hybridized carbons (Fsp3) is 0.188. The lowest BCUT2D eigenvalue weighted by atomic mass is 10.1. The first-order chi connectivity index (χ1) is 9.75. The van der Waals surface area contributed by atoms with Crippen LogP contribution in [-0.2, 0) is 0 Å². The number of para-hydroxylation sites is 2. The lowest BCUT2D eigenvalue weighted by molar-refractivity contribution is 0.320. The van der Waals surface area contributed by atoms with Gasteiger partial charge in [-0.05, 0) is 24.6 Å². The molecule has 1 aliphatic heterocycles. The first kappa shape index (κ1) is 11.3. The minimum Gasteiger partial charge on any atom is -0.491 e. The zero-order valence-electron chi connectivity index (χ0n) is 11.2. The predicted molar refractivity (Wildman–Crippen MR) is 79.0 cm³/mol. The molecule has 1 unspecified atom stereocenters. The maximum Gasteiger partial charge on any atom is 0.201 e. The molecule has 0 spiro atoms. The molecule has 0 fully saturated rings. The van der Waals surface area contributed by atoms with Crippen molar-refractivity contribution < 1.29 is 4.74 Å². The zero-order chi connectivity index (χ0) is 13.7. The van der Waals surface area contributed by atoms with Gasteiger partial charge in [0.05, 0.1) is 17.1 Å². The summed E-state index contributed by atoms with van der Waals surface area (Å²) in [5, 5.41) is 0. The number of hydrogen-bond donors (Lipinski definition) is 1. The molecule has 1 aromatic heterocycles. The van der Waals surface area contributed by atoms with Crippen LogP contribution in [0.3, 0.4) is 0 Å². The van der Waals surface area contributed by atoms with Gasteiger partial charge in [-0.15, -0.1) is 0 Å². The predicted octanol–water partition coefficient (Wildman–Crippen LogP) is 2.91. The van der Waals surface area contributed by atoms with Crippen molar-refractivity contribution in [2.45, 2.75) is 13.0 Å². The van der Waals surface area contributed by atoms with Crippen molar-refractivity contribution in [1.29, 1.82) is 0 Å². The number of benzene rings is 2. The maximum absolute atomic E-state index is 6.16. The maximum atomic E-state index is 6.16. The van der Waals surface area contributed by atoms with Crippen LogP contribution < -0.4 is 10.5 Å². The van der Waals surface area contributed by atoms with E-state index in [4.69, 9.17) is 10.5 Å². The van der Waals surface area contributed by atoms with Crippen LogP contribution in [0.4, 0.5) is 5.95 Å². The molecule has 100 valence electrons. The van der Waals surface area contributed by atoms with Gasteiger partial charge in [-0.1, -0.05) is 30.3 Å². The fourth-order valence-corrected chi connectivity index (χ4v) is 2.96. The van der Waals surface area contributed by atoms with E-state index in [1.807, 2.05) is 24.3 Å². The average Bonchev–Trinajstić information content (AvgIpc) is 3.00. The van der Waals surface area contributed by atoms with E-state index < -0.39 is 0 Å². The van der Waals surface area contributed by atoms with Crippen LogP contribution in [0.5, 0.6) is 5.75 Å². The summed E-state index contributed by atoms with van der Waals surface area (Å²) in [7, 11) is 0. The molecule has 0 radical (unpaired) electrons. The highest BCUT2D eigenvalue weighted by atomic mass is 16.5. The molecule has 1 aliphatic rings. The van der Waals surface area contributed by atoms with Crippen LogP contribution >= 0.6 is 0 Å². The Morgan fingerprint density at radius 1 is 1.20 bits per heavy atom. The van der Waals surface area contributed by atoms with Crippen molar-refractivity contribution in [3.63, 3.8) is 0 Å². The average molecular weight is 265 g/mol. The van der Waals surface area contributed by atoms with Gasteiger partial charge >= 0.3 is 0 Å². The Hall–Kier alpha value is -2.49. The second-order valence-electron chi connectivity index (χ2n) is 5.15. The largest absolute Gasteiger partial charge is 0.491 e. The van der Waals surface area contributed by atoms with E-state index in [0.29, 0.717) is 12.6 Å². The second-order valence-corrected chi connectivity index (χ2v) is 5.15. The molecule has 4 nitrogen and oxygen atoms in total. The number of nitrogens with two attached hydrogens (primary N) is 1. The number of hydrogen-bond acceptors (Lipinski definition) is 3. The highest BCUT2D eigenvalue weighted by Crippen LogP contribution is 2.37. The summed E-state index contributed by atoms with van der Waals surface area (Å²) < 4.78 is 7.84. The van der Waals surface area contributed by atoms with Crippen LogP contribution in [0.25, 0.3) is 11.0 Å². The summed E-state index contributed by atoms with van der Waals surface area (Å²) in [5.41, 5.74) is 10.5. The van der Waals surface area contributed by atoms with E-state index in [2.05, 4.69) is 34.7 Å². The molecule has 0 saturated heterocycles. The van der Waals surface area contributed by atoms with Crippen LogP contribution in [0.15, 0.2) is 42.5 Å². The Kier molecular flexibility index (Phi) is 2.27. The third-order valence-electron chi connectivity index (χ3n) is 3.94. The first-order valence-corrected chi connectivity index (χ1v) is 6.70. The van der Waals surface area contributed by atoms with Crippen molar-refractivity contribution >= 4 is 17.0 Å². The highest BCUT2D eigenvalue weighted by molar-refractivity contribution is 5.82. The first-order valence-electron chi connectivity index (χ1n) is 6.70. The number of anilines is 1. The number of rotatable bonds is 1. The van der Waals surface area contributed by atoms with E-state index in [9.17, 15) is 0 Å². The summed E-state index contributed by atoms with van der Waals surface area (Å²) in [6.45, 7) is 2.65. The van der Waals surface area contributed by atoms with Gasteiger partial charge in [-0.2, -0.15) is 0 Å². The fourth-order valence-electron chi connectivity index (χ4n) is 2.96. The van der Waals surface area contributed by atoms with E-state index >= 15 is 0 Å². The Balaban J connectivity index is 1.96. The number of nitrogens with zero attached hydrogens (tertiary/aromatic N) is 2. The van der Waals surface area contributed by atoms with Gasteiger partial charge in [0.2, 0.25) is 5.95 Å². The number of aromatic nitrogens is 2. The molecule has 1 atom stereocenters. The Bertz CT molecular complexity index is 807. The molecule has 20 heavy (non-hydrogen) atoms. The summed E-state index contributed by atoms with van der Waals surface area (Å²) in [6, 6.07) is 14.4. The molecule has 4 rings (SSSR count). The minimum absolute atomic E-state index is 0.0954. The Labute approximate surface area is 116 Å². The highest BCUT2D eigenvalue weighted by Gasteiger charge is 2.28. The van der Waals surface area contributed by atoms with Crippen LogP contribution in [0, 0.1) is 6.92 Å². The summed E-state index contributed by atoms with van der Waals surface area (Å²) in [5.74, 6) is 1.48. The van der Waals surface area contributed by atoms with Gasteiger partial charge in [0.15, 0.2) is 0 Å². The molecule has 0 saturated carbocycles. The summed E-state index contributed by atoms with van der Waals surface area (Å²) >= 11 is 0. The third kappa shape index (κ3) is 1.45. The lowest BCUT2D eigenvalue weighted by Crippen LogP contribution is -2.14. The molecule has 2 aromatic carbocycles. The molecule has 0 aliphatic carbocycles. The van der Waals surface area contributed by atoms with Gasteiger partial charge in [0.1, 0.15) is 12.4 Å². The normalized spacial score (nSPS) is 17.1. The van der Waals surface area contributed by atoms with Crippen molar-refractivity contribution in [3.05, 3.63) is 53.6 Å². The smallest absolute Gasteiger partial charge is 0.201 e. The SMILES string of the molecule is Cc1cccc2c1nc(N)n2C1COc2ccccc21. The van der Waals surface area contributed by atoms with Crippen molar-refractivity contribution in [2.24, 2.45) is 0 Å². The van der Waals surface area contributed by atoms with Crippen molar-refractivity contribution in [2.75, 3.05) is 12.3 Å². The topological polar surface area (TPSA) is 53.1 Å². The minimum atomic E-state index is 0.0954. The molecular weight excluding hydrogens is 250 g/mol. The molecule has 2 N–H and O–H groups in total. The van der Waals surface area contributed by atoms with Crippen molar-refractivity contribution in [3.8, 4) is 5.75 Å². The van der Waals surface area contributed by atoms with Crippen LogP contribution in [0.1, 0.15) is 17.2 Å². The quantitative estimate of drug-likeness (QED) is 0.736. The Morgan fingerprint density at radius 2 is 2.05 bits per heavy atom. The number of imidazole rings is 1. The van der Waals surface area contributed by atoms with Crippen LogP contribution in [0.2, 0.25) is 0 Å². The number of ether oxygens (including phenoxy) is 1. The summed E-state index contributed by atoms with van der Waals surface area (Å²) in [4.78, 5) is 4.52. The van der Waals surface area contributed by atoms with Gasteiger partial charge < -0.3 is 10.5 Å². The van der Waals surface area contributed by atoms with Gasteiger partial charge in [-0.3, -0.25) is 4.57 Å². The molecule has 0 bridgehead atoms. The second kappa shape index (κ2) is 4.00. The van der Waals surface area contributed by atoms with E-state index in [1.165, 1.54) is 5.56 Å². The van der Waals surface area contributed by atoms with Gasteiger partial charge in [-0.25, -0.2) is 4.98 Å². The van der Waals surface area contributed by atoms with Gasteiger partial charge in [0, 0.05) is 5.56 Å². The zero-order valence-corrected chi connectivity index (χ0v) is 11.2. The molecule has 3 aromatic rings. The van der Waals surface area contributed by atoms with E-state index in [1.54, 1.807) is 0 Å². The summed E-state index contributed by atoms with van der Waals surface area (Å²) in [6.07, 6.45) is 0. The molecule has 4 heteroatoms. The molecular formula is C16H15N3O. The standard InChI is InChI=1S/C16H15N3O/c1-10-5-4-7-12-15(10)18-16(17)19(12)13-9-20-14-8-3-2-6-11(13)14/h2-8,13H,9H2,1H3,(H2,17,18). The Morgan fingerprint density at radius 3 is 2.95 bits per heavy atom. The van der Waals surface area contributed by atoms with Gasteiger partial charge in [0.25, 0.3) is 0 Å². The van der Waals surface area contributed by atoms with Crippen LogP contribution in [-0.4, -0.2) is 16.2 Å². The molecule has 2 heterocycles.